The summed E-state index contributed by atoms with van der Waals surface area (Å²) in [6, 6.07) is 19.0. The minimum Gasteiger partial charge on any atom is -0.439 e. The Labute approximate surface area is 245 Å². The van der Waals surface area contributed by atoms with Crippen LogP contribution >= 0.6 is 0 Å². The lowest BCUT2D eigenvalue weighted by molar-refractivity contribution is 0.0243. The molecule has 3 heterocycles. The van der Waals surface area contributed by atoms with Crippen molar-refractivity contribution in [1.29, 1.82) is 0 Å². The van der Waals surface area contributed by atoms with Gasteiger partial charge in [0.2, 0.25) is 5.60 Å². The molecule has 0 amide bonds. The van der Waals surface area contributed by atoms with Gasteiger partial charge in [-0.05, 0) is 68.5 Å². The van der Waals surface area contributed by atoms with Crippen molar-refractivity contribution >= 4 is 22.6 Å². The van der Waals surface area contributed by atoms with E-state index in [1.165, 1.54) is 42.5 Å². The number of carbonyl (C=O) groups excluding carboxylic acids is 1. The first-order chi connectivity index (χ1) is 20.0. The van der Waals surface area contributed by atoms with Gasteiger partial charge in [-0.2, -0.15) is 0 Å². The molecule has 5 heteroatoms. The summed E-state index contributed by atoms with van der Waals surface area (Å²) in [5, 5.41) is 1.12. The van der Waals surface area contributed by atoms with Gasteiger partial charge < -0.3 is 14.2 Å². The number of para-hydroxylation sites is 1. The van der Waals surface area contributed by atoms with Crippen molar-refractivity contribution < 1.29 is 9.53 Å². The largest absolute Gasteiger partial charge is 0.439 e. The first kappa shape index (κ1) is 28.9. The van der Waals surface area contributed by atoms with Crippen molar-refractivity contribution in [3.05, 3.63) is 94.4 Å². The van der Waals surface area contributed by atoms with E-state index >= 15 is 0 Å². The highest BCUT2D eigenvalue weighted by molar-refractivity contribution is 5.98. The van der Waals surface area contributed by atoms with Gasteiger partial charge >= 0.3 is 5.97 Å². The number of hydrogen-bond donors (Lipinski definition) is 0. The second-order valence-corrected chi connectivity index (χ2v) is 11.3. The first-order valence-electron chi connectivity index (χ1n) is 15.7. The number of aryl methyl sites for hydroxylation is 2. The molecule has 0 radical (unpaired) electrons. The highest BCUT2D eigenvalue weighted by Gasteiger charge is 2.53. The van der Waals surface area contributed by atoms with Gasteiger partial charge in [-0.1, -0.05) is 71.2 Å². The van der Waals surface area contributed by atoms with Gasteiger partial charge in [0.1, 0.15) is 5.69 Å². The average molecular weight is 552 g/mol. The lowest BCUT2D eigenvalue weighted by Gasteiger charge is -2.33. The number of benzene rings is 2. The van der Waals surface area contributed by atoms with Crippen molar-refractivity contribution in [1.82, 2.24) is 9.55 Å². The van der Waals surface area contributed by atoms with Crippen LogP contribution in [-0.4, -0.2) is 28.6 Å². The minimum atomic E-state index is -1.11. The molecule has 5 nitrogen and oxygen atoms in total. The summed E-state index contributed by atoms with van der Waals surface area (Å²) in [7, 11) is 0. The molecule has 0 saturated carbocycles. The molecule has 5 rings (SSSR count). The van der Waals surface area contributed by atoms with Crippen LogP contribution in [0, 0.1) is 6.92 Å². The summed E-state index contributed by atoms with van der Waals surface area (Å²) in [5.41, 5.74) is 6.92. The second-order valence-electron chi connectivity index (χ2n) is 11.3. The normalized spacial score (nSPS) is 16.3. The number of carbonyl (C=O) groups is 1. The molecule has 0 spiro atoms. The summed E-state index contributed by atoms with van der Waals surface area (Å²) < 4.78 is 9.05. The van der Waals surface area contributed by atoms with E-state index in [1.807, 2.05) is 12.1 Å². The van der Waals surface area contributed by atoms with Crippen LogP contribution < -0.4 is 4.90 Å². The zero-order chi connectivity index (χ0) is 29.0. The number of aromatic nitrogens is 2. The molecule has 0 saturated heterocycles. The fourth-order valence-corrected chi connectivity index (χ4v) is 6.54. The summed E-state index contributed by atoms with van der Waals surface area (Å²) in [6.07, 6.45) is 9.49. The van der Waals surface area contributed by atoms with Crippen molar-refractivity contribution in [3.8, 4) is 0 Å². The van der Waals surface area contributed by atoms with Crippen LogP contribution in [0.4, 0.5) is 5.69 Å². The van der Waals surface area contributed by atoms with Crippen LogP contribution in [0.5, 0.6) is 0 Å². The van der Waals surface area contributed by atoms with Gasteiger partial charge in [0, 0.05) is 59.2 Å². The number of unbranched alkanes of at least 4 members (excludes halogenated alkanes) is 3. The van der Waals surface area contributed by atoms with Gasteiger partial charge in [0.25, 0.3) is 0 Å². The van der Waals surface area contributed by atoms with Crippen LogP contribution in [-0.2, 0) is 23.3 Å². The number of rotatable bonds is 13. The molecule has 0 N–H and O–H groups in total. The second kappa shape index (κ2) is 12.5. The topological polar surface area (TPSA) is 47.4 Å². The summed E-state index contributed by atoms with van der Waals surface area (Å²) in [5.74, 6) is -0.309. The molecule has 1 aliphatic rings. The first-order valence-corrected chi connectivity index (χ1v) is 15.7. The van der Waals surface area contributed by atoms with Crippen molar-refractivity contribution in [3.63, 3.8) is 0 Å². The lowest BCUT2D eigenvalue weighted by atomic mass is 9.78. The highest BCUT2D eigenvalue weighted by Crippen LogP contribution is 2.51. The van der Waals surface area contributed by atoms with Gasteiger partial charge in [-0.25, -0.2) is 4.79 Å². The molecule has 0 bridgehead atoms. The molecule has 2 aromatic carbocycles. The van der Waals surface area contributed by atoms with Crippen LogP contribution in [0.1, 0.15) is 105 Å². The van der Waals surface area contributed by atoms with Crippen LogP contribution in [0.25, 0.3) is 10.9 Å². The van der Waals surface area contributed by atoms with E-state index in [0.29, 0.717) is 11.3 Å². The van der Waals surface area contributed by atoms with Crippen LogP contribution in [0.15, 0.2) is 60.8 Å². The van der Waals surface area contributed by atoms with Gasteiger partial charge in [0.15, 0.2) is 0 Å². The van der Waals surface area contributed by atoms with Crippen LogP contribution in [0.3, 0.4) is 0 Å². The summed E-state index contributed by atoms with van der Waals surface area (Å²) in [6.45, 7) is 14.1. The molecular weight excluding hydrogens is 506 g/mol. The zero-order valence-corrected chi connectivity index (χ0v) is 25.5. The number of cyclic esters (lactones) is 1. The third-order valence-corrected chi connectivity index (χ3v) is 8.70. The molecule has 216 valence electrons. The molecule has 0 fully saturated rings. The molecule has 1 atom stereocenters. The Bertz CT molecular complexity index is 1510. The molecular formula is C36H45N3O2. The van der Waals surface area contributed by atoms with Crippen molar-refractivity contribution in [2.45, 2.75) is 91.7 Å². The predicted molar refractivity (Wildman–Crippen MR) is 169 cm³/mol. The molecule has 1 aliphatic heterocycles. The van der Waals surface area contributed by atoms with E-state index in [-0.39, 0.29) is 5.97 Å². The monoisotopic (exact) mass is 551 g/mol. The number of ether oxygens (including phenoxy) is 1. The average Bonchev–Trinajstić information content (AvgIpc) is 3.46. The minimum absolute atomic E-state index is 0.309. The van der Waals surface area contributed by atoms with E-state index < -0.39 is 5.60 Å². The molecule has 0 aliphatic carbocycles. The van der Waals surface area contributed by atoms with Gasteiger partial charge in [-0.15, -0.1) is 0 Å². The smallest absolute Gasteiger partial charge is 0.341 e. The summed E-state index contributed by atoms with van der Waals surface area (Å²) >= 11 is 0. The standard InChI is InChI=1S/C36H45N3O2/c1-6-10-22-38(23-11-7-2)28-19-20-31(27(9-4)25-28)36(34-30(35(40)41-36)17-15-21-37-34)33-26(5)39(24-12-8-3)32-18-14-13-16-29(32)33/h13-21,25H,6-12,22-24H2,1-5H3. The lowest BCUT2D eigenvalue weighted by Crippen LogP contribution is -2.33. The van der Waals surface area contributed by atoms with Gasteiger partial charge in [0.05, 0.1) is 5.56 Å². The Morgan fingerprint density at radius 3 is 2.34 bits per heavy atom. The quantitative estimate of drug-likeness (QED) is 0.156. The fraction of sp³-hybridized carbons (Fsp3) is 0.444. The Morgan fingerprint density at radius 1 is 0.902 bits per heavy atom. The van der Waals surface area contributed by atoms with E-state index in [1.54, 1.807) is 6.20 Å². The number of pyridine rings is 1. The number of esters is 1. The molecule has 2 aromatic heterocycles. The summed E-state index contributed by atoms with van der Waals surface area (Å²) in [4.78, 5) is 21.0. The number of hydrogen-bond acceptors (Lipinski definition) is 4. The van der Waals surface area contributed by atoms with E-state index in [9.17, 15) is 4.79 Å². The fourth-order valence-electron chi connectivity index (χ4n) is 6.54. The Hall–Kier alpha value is -3.60. The number of nitrogens with zero attached hydrogens (tertiary/aromatic N) is 3. The number of anilines is 1. The van der Waals surface area contributed by atoms with Crippen molar-refractivity contribution in [2.24, 2.45) is 0 Å². The predicted octanol–water partition coefficient (Wildman–Crippen LogP) is 8.58. The van der Waals surface area contributed by atoms with E-state index in [0.717, 1.165) is 61.1 Å². The van der Waals surface area contributed by atoms with Crippen molar-refractivity contribution in [2.75, 3.05) is 18.0 Å². The Morgan fingerprint density at radius 2 is 1.63 bits per heavy atom. The Balaban J connectivity index is 1.78. The van der Waals surface area contributed by atoms with E-state index in [2.05, 4.69) is 86.6 Å². The number of fused-ring (bicyclic) bond motifs is 2. The highest BCUT2D eigenvalue weighted by atomic mass is 16.6. The molecule has 4 aromatic rings. The SMILES string of the molecule is CCCCN(CCCC)c1ccc(C2(c3c(C)n(CCCC)c4ccccc34)OC(=O)c3cccnc32)c(CC)c1. The molecule has 41 heavy (non-hydrogen) atoms. The third kappa shape index (κ3) is 5.05. The maximum atomic E-state index is 13.6. The van der Waals surface area contributed by atoms with Gasteiger partial charge in [-0.3, -0.25) is 4.98 Å². The molecule has 1 unspecified atom stereocenters. The Kier molecular flexibility index (Phi) is 8.82. The van der Waals surface area contributed by atoms with Crippen LogP contribution in [0.2, 0.25) is 0 Å². The van der Waals surface area contributed by atoms with E-state index in [4.69, 9.17) is 9.72 Å². The maximum Gasteiger partial charge on any atom is 0.341 e. The zero-order valence-electron chi connectivity index (χ0n) is 25.5. The third-order valence-electron chi connectivity index (χ3n) is 8.70. The maximum absolute atomic E-state index is 13.6.